The molecule has 8 nitrogen and oxygen atoms in total. The van der Waals surface area contributed by atoms with Gasteiger partial charge < -0.3 is 10.1 Å². The maximum Gasteiger partial charge on any atom is 0.266 e. The van der Waals surface area contributed by atoms with Gasteiger partial charge in [-0.2, -0.15) is 0 Å². The summed E-state index contributed by atoms with van der Waals surface area (Å²) in [7, 11) is -2.68. The SMILES string of the molecule is COc1ccc(S(=O)(=O)NNC(=O)c2ccc(Cl)cc2)cc1NC(C)=O. The summed E-state index contributed by atoms with van der Waals surface area (Å²) in [4.78, 5) is 25.1. The molecule has 0 fully saturated rings. The average molecular weight is 398 g/mol. The van der Waals surface area contributed by atoms with Crippen LogP contribution < -0.4 is 20.3 Å². The van der Waals surface area contributed by atoms with Crippen LogP contribution in [0.4, 0.5) is 5.69 Å². The molecule has 0 bridgehead atoms. The minimum atomic E-state index is -4.07. The Kier molecular flexibility index (Phi) is 6.19. The molecule has 0 unspecified atom stereocenters. The van der Waals surface area contributed by atoms with Gasteiger partial charge in [0.15, 0.2) is 0 Å². The lowest BCUT2D eigenvalue weighted by Crippen LogP contribution is -2.41. The maximum atomic E-state index is 12.4. The quantitative estimate of drug-likeness (QED) is 0.644. The number of anilines is 1. The van der Waals surface area contributed by atoms with Crippen molar-refractivity contribution in [3.8, 4) is 5.75 Å². The standard InChI is InChI=1S/C16H16ClN3O5S/c1-10(21)18-14-9-13(7-8-15(14)25-2)26(23,24)20-19-16(22)11-3-5-12(17)6-4-11/h3-9,20H,1-2H3,(H,18,21)(H,19,22). The van der Waals surface area contributed by atoms with E-state index in [1.54, 1.807) is 0 Å². The van der Waals surface area contributed by atoms with E-state index in [1.807, 2.05) is 4.83 Å². The Hall–Kier alpha value is -2.62. The zero-order valence-corrected chi connectivity index (χ0v) is 15.4. The van der Waals surface area contributed by atoms with Gasteiger partial charge in [0.2, 0.25) is 5.91 Å². The summed E-state index contributed by atoms with van der Waals surface area (Å²) in [5, 5.41) is 2.93. The van der Waals surface area contributed by atoms with E-state index in [4.69, 9.17) is 16.3 Å². The molecule has 2 amide bonds. The molecule has 0 heterocycles. The van der Waals surface area contributed by atoms with Crippen LogP contribution in [0.3, 0.4) is 0 Å². The summed E-state index contributed by atoms with van der Waals surface area (Å²) in [6, 6.07) is 9.81. The van der Waals surface area contributed by atoms with Crippen molar-refractivity contribution < 1.29 is 22.7 Å². The van der Waals surface area contributed by atoms with Gasteiger partial charge in [0, 0.05) is 17.5 Å². The fraction of sp³-hybridized carbons (Fsp3) is 0.125. The lowest BCUT2D eigenvalue weighted by Gasteiger charge is -2.12. The van der Waals surface area contributed by atoms with Crippen LogP contribution in [0.5, 0.6) is 5.75 Å². The second kappa shape index (κ2) is 8.17. The van der Waals surface area contributed by atoms with Gasteiger partial charge in [-0.15, -0.1) is 4.83 Å². The molecule has 3 N–H and O–H groups in total. The van der Waals surface area contributed by atoms with Crippen LogP contribution in [-0.2, 0) is 14.8 Å². The van der Waals surface area contributed by atoms with Crippen molar-refractivity contribution in [1.29, 1.82) is 0 Å². The van der Waals surface area contributed by atoms with E-state index in [0.717, 1.165) is 0 Å². The topological polar surface area (TPSA) is 114 Å². The van der Waals surface area contributed by atoms with Gasteiger partial charge >= 0.3 is 0 Å². The highest BCUT2D eigenvalue weighted by atomic mass is 35.5. The highest BCUT2D eigenvalue weighted by molar-refractivity contribution is 7.89. The predicted molar refractivity (Wildman–Crippen MR) is 96.5 cm³/mol. The molecule has 0 saturated carbocycles. The third-order valence-corrected chi connectivity index (χ3v) is 4.69. The van der Waals surface area contributed by atoms with Crippen molar-refractivity contribution in [1.82, 2.24) is 10.3 Å². The number of hydrogen-bond acceptors (Lipinski definition) is 5. The first-order valence-corrected chi connectivity index (χ1v) is 9.12. The van der Waals surface area contributed by atoms with Crippen molar-refractivity contribution in [2.45, 2.75) is 11.8 Å². The average Bonchev–Trinajstić information content (AvgIpc) is 2.60. The van der Waals surface area contributed by atoms with Crippen LogP contribution in [-0.4, -0.2) is 27.3 Å². The molecular formula is C16H16ClN3O5S. The van der Waals surface area contributed by atoms with Gasteiger partial charge in [-0.1, -0.05) is 11.6 Å². The molecule has 26 heavy (non-hydrogen) atoms. The smallest absolute Gasteiger partial charge is 0.266 e. The Balaban J connectivity index is 2.17. The molecule has 10 heteroatoms. The van der Waals surface area contributed by atoms with Crippen molar-refractivity contribution in [3.63, 3.8) is 0 Å². The number of halogens is 1. The van der Waals surface area contributed by atoms with Gasteiger partial charge in [0.25, 0.3) is 15.9 Å². The van der Waals surface area contributed by atoms with Crippen LogP contribution in [0.25, 0.3) is 0 Å². The lowest BCUT2D eigenvalue weighted by atomic mass is 10.2. The highest BCUT2D eigenvalue weighted by Crippen LogP contribution is 2.27. The zero-order chi connectivity index (χ0) is 19.3. The van der Waals surface area contributed by atoms with E-state index < -0.39 is 15.9 Å². The van der Waals surface area contributed by atoms with Crippen molar-refractivity contribution >= 4 is 39.1 Å². The molecular weight excluding hydrogens is 382 g/mol. The maximum absolute atomic E-state index is 12.4. The highest BCUT2D eigenvalue weighted by Gasteiger charge is 2.18. The van der Waals surface area contributed by atoms with Crippen LogP contribution in [0.2, 0.25) is 5.02 Å². The number of methoxy groups -OCH3 is 1. The van der Waals surface area contributed by atoms with Crippen LogP contribution in [0, 0.1) is 0 Å². The summed E-state index contributed by atoms with van der Waals surface area (Å²) in [5.74, 6) is -0.743. The molecule has 0 aromatic heterocycles. The molecule has 0 aliphatic carbocycles. The summed E-state index contributed by atoms with van der Waals surface area (Å²) >= 11 is 5.74. The number of hydrogen-bond donors (Lipinski definition) is 3. The first kappa shape index (κ1) is 19.7. The summed E-state index contributed by atoms with van der Waals surface area (Å²) in [6.07, 6.45) is 0. The van der Waals surface area contributed by atoms with Crippen LogP contribution >= 0.6 is 11.6 Å². The van der Waals surface area contributed by atoms with E-state index in [9.17, 15) is 18.0 Å². The van der Waals surface area contributed by atoms with E-state index in [2.05, 4.69) is 10.7 Å². The fourth-order valence-electron chi connectivity index (χ4n) is 1.99. The monoisotopic (exact) mass is 397 g/mol. The largest absolute Gasteiger partial charge is 0.495 e. The molecule has 0 atom stereocenters. The summed E-state index contributed by atoms with van der Waals surface area (Å²) in [5.41, 5.74) is 2.52. The van der Waals surface area contributed by atoms with E-state index >= 15 is 0 Å². The Labute approximate surface area is 155 Å². The van der Waals surface area contributed by atoms with Gasteiger partial charge in [-0.05, 0) is 42.5 Å². The molecule has 2 aromatic carbocycles. The molecule has 0 radical (unpaired) electrons. The second-order valence-electron chi connectivity index (χ2n) is 5.11. The number of benzene rings is 2. The predicted octanol–water partition coefficient (Wildman–Crippen LogP) is 1.93. The number of nitrogens with one attached hydrogen (secondary N) is 3. The number of hydrazine groups is 1. The first-order chi connectivity index (χ1) is 12.2. The molecule has 2 rings (SSSR count). The van der Waals surface area contributed by atoms with E-state index in [-0.39, 0.29) is 22.1 Å². The van der Waals surface area contributed by atoms with Crippen LogP contribution in [0.1, 0.15) is 17.3 Å². The second-order valence-corrected chi connectivity index (χ2v) is 7.23. The number of rotatable bonds is 6. The molecule has 0 saturated heterocycles. The van der Waals surface area contributed by atoms with Gasteiger partial charge in [-0.25, -0.2) is 8.42 Å². The Morgan fingerprint density at radius 2 is 1.73 bits per heavy atom. The summed E-state index contributed by atoms with van der Waals surface area (Å²) < 4.78 is 29.8. The van der Waals surface area contributed by atoms with Crippen LogP contribution in [0.15, 0.2) is 47.4 Å². The number of sulfonamides is 1. The third kappa shape index (κ3) is 4.94. The van der Waals surface area contributed by atoms with Gasteiger partial charge in [0.05, 0.1) is 17.7 Å². The van der Waals surface area contributed by atoms with Gasteiger partial charge in [-0.3, -0.25) is 15.0 Å². The zero-order valence-electron chi connectivity index (χ0n) is 13.9. The fourth-order valence-corrected chi connectivity index (χ4v) is 2.98. The Morgan fingerprint density at radius 3 is 2.31 bits per heavy atom. The van der Waals surface area contributed by atoms with Crippen molar-refractivity contribution in [3.05, 3.63) is 53.1 Å². The minimum Gasteiger partial charge on any atom is -0.495 e. The minimum absolute atomic E-state index is 0.168. The Morgan fingerprint density at radius 1 is 1.08 bits per heavy atom. The van der Waals surface area contributed by atoms with E-state index in [1.165, 1.54) is 56.5 Å². The normalized spacial score (nSPS) is 10.9. The number of carbonyl (C=O) groups is 2. The van der Waals surface area contributed by atoms with Crippen molar-refractivity contribution in [2.75, 3.05) is 12.4 Å². The summed E-state index contributed by atoms with van der Waals surface area (Å²) in [6.45, 7) is 1.28. The molecule has 0 aliphatic rings. The number of carbonyl (C=O) groups excluding carboxylic acids is 2. The molecule has 0 aliphatic heterocycles. The third-order valence-electron chi connectivity index (χ3n) is 3.20. The van der Waals surface area contributed by atoms with Crippen molar-refractivity contribution in [2.24, 2.45) is 0 Å². The molecule has 0 spiro atoms. The van der Waals surface area contributed by atoms with Gasteiger partial charge in [0.1, 0.15) is 5.75 Å². The molecule has 2 aromatic rings. The Bertz CT molecular complexity index is 929. The first-order valence-electron chi connectivity index (χ1n) is 7.26. The lowest BCUT2D eigenvalue weighted by molar-refractivity contribution is -0.114. The number of ether oxygens (including phenoxy) is 1. The molecule has 138 valence electrons. The number of amides is 2. The van der Waals surface area contributed by atoms with E-state index in [0.29, 0.717) is 10.8 Å².